The smallest absolute Gasteiger partial charge is 0.269 e. The Morgan fingerprint density at radius 3 is 2.45 bits per heavy atom. The van der Waals surface area contributed by atoms with Crippen molar-refractivity contribution in [1.82, 2.24) is 9.88 Å². The molecule has 1 aromatic heterocycles. The molecule has 0 aliphatic rings. The van der Waals surface area contributed by atoms with Crippen LogP contribution in [-0.4, -0.2) is 47.9 Å². The van der Waals surface area contributed by atoms with E-state index in [0.29, 0.717) is 11.7 Å². The van der Waals surface area contributed by atoms with Crippen molar-refractivity contribution < 1.29 is 9.72 Å². The van der Waals surface area contributed by atoms with Crippen molar-refractivity contribution in [3.05, 3.63) is 69.3 Å². The highest BCUT2D eigenvalue weighted by Gasteiger charge is 2.18. The van der Waals surface area contributed by atoms with Crippen LogP contribution in [0.1, 0.15) is 23.1 Å². The van der Waals surface area contributed by atoms with Crippen molar-refractivity contribution in [2.45, 2.75) is 20.3 Å². The normalized spacial score (nSPS) is 11.5. The minimum Gasteiger partial charge on any atom is -0.309 e. The lowest BCUT2D eigenvalue weighted by Gasteiger charge is -2.19. The molecule has 0 saturated carbocycles. The highest BCUT2D eigenvalue weighted by molar-refractivity contribution is 7.22. The maximum atomic E-state index is 13.1. The minimum atomic E-state index is -0.443. The molecule has 0 aliphatic carbocycles. The van der Waals surface area contributed by atoms with E-state index in [-0.39, 0.29) is 11.6 Å². The van der Waals surface area contributed by atoms with Crippen LogP contribution >= 0.6 is 11.3 Å². The van der Waals surface area contributed by atoms with Gasteiger partial charge in [-0.2, -0.15) is 0 Å². The van der Waals surface area contributed by atoms with Gasteiger partial charge in [0, 0.05) is 24.8 Å². The molecular formula is C23H26N4O3S. The maximum absolute atomic E-state index is 13.1. The Bertz CT molecular complexity index is 1080. The zero-order chi connectivity index (χ0) is 22.5. The summed E-state index contributed by atoms with van der Waals surface area (Å²) in [5, 5.41) is 11.5. The Morgan fingerprint density at radius 2 is 1.81 bits per heavy atom. The number of non-ortho nitro benzene ring substituents is 1. The third-order valence-corrected chi connectivity index (χ3v) is 6.04. The fraction of sp³-hybridized carbons (Fsp3) is 0.304. The molecule has 162 valence electrons. The van der Waals surface area contributed by atoms with Gasteiger partial charge in [0.15, 0.2) is 5.13 Å². The first-order valence-electron chi connectivity index (χ1n) is 10.0. The van der Waals surface area contributed by atoms with E-state index in [1.54, 1.807) is 23.1 Å². The van der Waals surface area contributed by atoms with Gasteiger partial charge in [-0.25, -0.2) is 4.98 Å². The summed E-state index contributed by atoms with van der Waals surface area (Å²) in [6.45, 7) is 5.54. The average molecular weight is 439 g/mol. The molecule has 0 bridgehead atoms. The molecule has 3 aromatic rings. The summed E-state index contributed by atoms with van der Waals surface area (Å²) in [4.78, 5) is 31.9. The van der Waals surface area contributed by atoms with E-state index < -0.39 is 4.92 Å². The molecule has 8 heteroatoms. The van der Waals surface area contributed by atoms with Gasteiger partial charge >= 0.3 is 0 Å². The predicted octanol–water partition coefficient (Wildman–Crippen LogP) is 4.82. The molecule has 0 saturated heterocycles. The number of carbonyl (C=O) groups excluding carboxylic acids is 1. The zero-order valence-corrected chi connectivity index (χ0v) is 19.0. The molecule has 0 aliphatic heterocycles. The summed E-state index contributed by atoms with van der Waals surface area (Å²) in [5.74, 6) is -0.162. The lowest BCUT2D eigenvalue weighted by atomic mass is 10.1. The lowest BCUT2D eigenvalue weighted by Crippen LogP contribution is -2.32. The first kappa shape index (κ1) is 22.6. The van der Waals surface area contributed by atoms with Crippen LogP contribution in [0, 0.1) is 24.0 Å². The minimum absolute atomic E-state index is 0.0221. The summed E-state index contributed by atoms with van der Waals surface area (Å²) in [6.07, 6.45) is 3.99. The number of thiazole rings is 1. The Hall–Kier alpha value is -3.10. The Labute approximate surface area is 185 Å². The van der Waals surface area contributed by atoms with E-state index >= 15 is 0 Å². The number of benzene rings is 2. The highest BCUT2D eigenvalue weighted by atomic mass is 32.1. The van der Waals surface area contributed by atoms with Crippen molar-refractivity contribution >= 4 is 44.4 Å². The molecule has 0 spiro atoms. The highest BCUT2D eigenvalue weighted by Crippen LogP contribution is 2.31. The number of amides is 1. The summed E-state index contributed by atoms with van der Waals surface area (Å²) in [6, 6.07) is 10.3. The van der Waals surface area contributed by atoms with Gasteiger partial charge in [0.05, 0.1) is 15.1 Å². The Kier molecular flexibility index (Phi) is 7.14. The van der Waals surface area contributed by atoms with E-state index in [1.165, 1.54) is 40.7 Å². The molecule has 3 rings (SSSR count). The molecular weight excluding hydrogens is 412 g/mol. The van der Waals surface area contributed by atoms with Crippen molar-refractivity contribution in [1.29, 1.82) is 0 Å². The zero-order valence-electron chi connectivity index (χ0n) is 18.2. The molecule has 31 heavy (non-hydrogen) atoms. The number of nitro groups is 1. The number of nitro benzene ring substituents is 1. The Balaban J connectivity index is 1.85. The molecule has 2 aromatic carbocycles. The second-order valence-corrected chi connectivity index (χ2v) is 8.74. The third-order valence-electron chi connectivity index (χ3n) is 5.00. The monoisotopic (exact) mass is 438 g/mol. The SMILES string of the molecule is Cc1cc2nc(N(CCCN(C)C)C(=O)/C=C/c3ccc([N+](=O)[O-])cc3)sc2cc1C. The molecule has 0 radical (unpaired) electrons. The molecule has 0 N–H and O–H groups in total. The average Bonchev–Trinajstić information content (AvgIpc) is 3.12. The number of carbonyl (C=O) groups is 1. The third kappa shape index (κ3) is 5.74. The quantitative estimate of drug-likeness (QED) is 0.286. The standard InChI is InChI=1S/C23H26N4O3S/c1-16-14-20-21(15-17(16)2)31-23(24-20)26(13-5-12-25(3)4)22(28)11-8-18-6-9-19(10-7-18)27(29)30/h6-11,14-15H,5,12-13H2,1-4H3/b11-8+. The van der Waals surface area contributed by atoms with Crippen molar-refractivity contribution in [3.8, 4) is 0 Å². The number of rotatable bonds is 8. The van der Waals surface area contributed by atoms with E-state index in [9.17, 15) is 14.9 Å². The van der Waals surface area contributed by atoms with Gasteiger partial charge in [0.1, 0.15) is 0 Å². The van der Waals surface area contributed by atoms with Crippen LogP contribution in [0.3, 0.4) is 0 Å². The first-order chi connectivity index (χ1) is 14.7. The lowest BCUT2D eigenvalue weighted by molar-refractivity contribution is -0.384. The van der Waals surface area contributed by atoms with Gasteiger partial charge in [-0.15, -0.1) is 0 Å². The van der Waals surface area contributed by atoms with E-state index in [4.69, 9.17) is 4.98 Å². The number of aryl methyl sites for hydroxylation is 2. The topological polar surface area (TPSA) is 79.6 Å². The molecule has 7 nitrogen and oxygen atoms in total. The van der Waals surface area contributed by atoms with E-state index in [2.05, 4.69) is 30.9 Å². The van der Waals surface area contributed by atoms with Crippen LogP contribution in [0.15, 0.2) is 42.5 Å². The number of hydrogen-bond acceptors (Lipinski definition) is 6. The molecule has 1 amide bonds. The van der Waals surface area contributed by atoms with Crippen LogP contribution < -0.4 is 4.90 Å². The number of nitrogens with zero attached hydrogens (tertiary/aromatic N) is 4. The number of aromatic nitrogens is 1. The largest absolute Gasteiger partial charge is 0.309 e. The van der Waals surface area contributed by atoms with Crippen LogP contribution in [0.25, 0.3) is 16.3 Å². The van der Waals surface area contributed by atoms with Crippen LogP contribution in [0.2, 0.25) is 0 Å². The fourth-order valence-electron chi connectivity index (χ4n) is 3.09. The number of hydrogen-bond donors (Lipinski definition) is 0. The van der Waals surface area contributed by atoms with Crippen LogP contribution in [-0.2, 0) is 4.79 Å². The van der Waals surface area contributed by atoms with Gasteiger partial charge in [0.25, 0.3) is 11.6 Å². The van der Waals surface area contributed by atoms with Crippen LogP contribution in [0.4, 0.5) is 10.8 Å². The van der Waals surface area contributed by atoms with Gasteiger partial charge in [-0.3, -0.25) is 19.8 Å². The van der Waals surface area contributed by atoms with Crippen molar-refractivity contribution in [3.63, 3.8) is 0 Å². The number of fused-ring (bicyclic) bond motifs is 1. The van der Waals surface area contributed by atoms with Gasteiger partial charge in [0.2, 0.25) is 0 Å². The van der Waals surface area contributed by atoms with E-state index in [1.807, 2.05) is 14.1 Å². The summed E-state index contributed by atoms with van der Waals surface area (Å²) >= 11 is 1.51. The molecule has 0 unspecified atom stereocenters. The second kappa shape index (κ2) is 9.80. The molecule has 1 heterocycles. The second-order valence-electron chi connectivity index (χ2n) is 7.73. The molecule has 0 atom stereocenters. The summed E-state index contributed by atoms with van der Waals surface area (Å²) in [5.41, 5.74) is 4.02. The fourth-order valence-corrected chi connectivity index (χ4v) is 4.17. The number of anilines is 1. The van der Waals surface area contributed by atoms with E-state index in [0.717, 1.165) is 28.7 Å². The van der Waals surface area contributed by atoms with Gasteiger partial charge in [-0.1, -0.05) is 11.3 Å². The van der Waals surface area contributed by atoms with Crippen LogP contribution in [0.5, 0.6) is 0 Å². The first-order valence-corrected chi connectivity index (χ1v) is 10.8. The maximum Gasteiger partial charge on any atom is 0.269 e. The predicted molar refractivity (Wildman–Crippen MR) is 127 cm³/mol. The summed E-state index contributed by atoms with van der Waals surface area (Å²) < 4.78 is 1.06. The van der Waals surface area contributed by atoms with Crippen molar-refractivity contribution in [2.24, 2.45) is 0 Å². The van der Waals surface area contributed by atoms with Gasteiger partial charge in [-0.05, 0) is 87.9 Å². The van der Waals surface area contributed by atoms with Crippen molar-refractivity contribution in [2.75, 3.05) is 32.1 Å². The summed E-state index contributed by atoms with van der Waals surface area (Å²) in [7, 11) is 4.01. The molecule has 0 fully saturated rings. The Morgan fingerprint density at radius 1 is 1.13 bits per heavy atom. The van der Waals surface area contributed by atoms with Gasteiger partial charge < -0.3 is 4.90 Å².